The molecule has 22 heavy (non-hydrogen) atoms. The van der Waals surface area contributed by atoms with E-state index in [1.807, 2.05) is 12.1 Å². The maximum Gasteiger partial charge on any atom is 0.493 e. The highest BCUT2D eigenvalue weighted by molar-refractivity contribution is 6.61. The van der Waals surface area contributed by atoms with Gasteiger partial charge in [-0.3, -0.25) is 0 Å². The van der Waals surface area contributed by atoms with Gasteiger partial charge in [0.15, 0.2) is 0 Å². The van der Waals surface area contributed by atoms with Crippen molar-refractivity contribution in [3.8, 4) is 5.75 Å². The SMILES string of the molecule is C=CC(=O)Oc1ccc(B2OCC(CCCCC)CO2)cc1. The lowest BCUT2D eigenvalue weighted by molar-refractivity contribution is -0.128. The Morgan fingerprint density at radius 1 is 1.32 bits per heavy atom. The van der Waals surface area contributed by atoms with E-state index in [2.05, 4.69) is 13.5 Å². The summed E-state index contributed by atoms with van der Waals surface area (Å²) in [7, 11) is -0.327. The third-order valence-corrected chi connectivity index (χ3v) is 3.72. The van der Waals surface area contributed by atoms with Crippen molar-refractivity contribution < 1.29 is 18.8 Å². The van der Waals surface area contributed by atoms with Crippen molar-refractivity contribution in [2.75, 3.05) is 13.2 Å². The summed E-state index contributed by atoms with van der Waals surface area (Å²) in [5, 5.41) is 0. The number of unbranched alkanes of at least 4 members (excludes halogenated alkanes) is 2. The number of benzene rings is 1. The van der Waals surface area contributed by atoms with Gasteiger partial charge in [0.1, 0.15) is 5.75 Å². The molecule has 0 aromatic heterocycles. The van der Waals surface area contributed by atoms with Crippen LogP contribution >= 0.6 is 0 Å². The summed E-state index contributed by atoms with van der Waals surface area (Å²) in [5.74, 6) is 0.519. The van der Waals surface area contributed by atoms with Gasteiger partial charge in [0.25, 0.3) is 0 Å². The molecule has 0 amide bonds. The number of esters is 1. The summed E-state index contributed by atoms with van der Waals surface area (Å²) in [5.41, 5.74) is 0.936. The lowest BCUT2D eigenvalue weighted by Gasteiger charge is -2.27. The standard InChI is InChI=1S/C17H23BO4/c1-3-5-6-7-14-12-20-18(21-13-14)15-8-10-16(11-9-15)22-17(19)4-2/h4,8-11,14H,2-3,5-7,12-13H2,1H3. The molecule has 1 aliphatic heterocycles. The number of ether oxygens (including phenoxy) is 1. The smallest absolute Gasteiger partial charge is 0.423 e. The molecule has 5 heteroatoms. The summed E-state index contributed by atoms with van der Waals surface area (Å²) in [6.45, 7) is 7.05. The average Bonchev–Trinajstić information content (AvgIpc) is 2.56. The van der Waals surface area contributed by atoms with Crippen LogP contribution in [-0.2, 0) is 14.1 Å². The highest BCUT2D eigenvalue weighted by atomic mass is 16.6. The zero-order valence-corrected chi connectivity index (χ0v) is 13.1. The van der Waals surface area contributed by atoms with Crippen LogP contribution in [0, 0.1) is 5.92 Å². The molecule has 0 aliphatic carbocycles. The van der Waals surface area contributed by atoms with Crippen LogP contribution in [0.3, 0.4) is 0 Å². The van der Waals surface area contributed by atoms with Gasteiger partial charge < -0.3 is 14.0 Å². The lowest BCUT2D eigenvalue weighted by atomic mass is 9.77. The van der Waals surface area contributed by atoms with Crippen molar-refractivity contribution in [3.05, 3.63) is 36.9 Å². The number of carbonyl (C=O) groups excluding carboxylic acids is 1. The summed E-state index contributed by atoms with van der Waals surface area (Å²) in [6.07, 6.45) is 6.05. The second-order valence-electron chi connectivity index (χ2n) is 5.55. The molecular formula is C17H23BO4. The first-order chi connectivity index (χ1) is 10.7. The van der Waals surface area contributed by atoms with Gasteiger partial charge >= 0.3 is 13.1 Å². The molecule has 0 atom stereocenters. The van der Waals surface area contributed by atoms with E-state index < -0.39 is 5.97 Å². The summed E-state index contributed by atoms with van der Waals surface area (Å²) < 4.78 is 16.6. The van der Waals surface area contributed by atoms with E-state index in [-0.39, 0.29) is 7.12 Å². The van der Waals surface area contributed by atoms with Crippen LogP contribution in [0.2, 0.25) is 0 Å². The molecule has 0 spiro atoms. The fourth-order valence-electron chi connectivity index (χ4n) is 2.44. The van der Waals surface area contributed by atoms with Crippen molar-refractivity contribution in [2.24, 2.45) is 5.92 Å². The Hall–Kier alpha value is -1.59. The van der Waals surface area contributed by atoms with Gasteiger partial charge in [-0.2, -0.15) is 0 Å². The predicted octanol–water partition coefficient (Wildman–Crippen LogP) is 2.72. The Morgan fingerprint density at radius 3 is 2.59 bits per heavy atom. The molecule has 1 saturated heterocycles. The fourth-order valence-corrected chi connectivity index (χ4v) is 2.44. The minimum Gasteiger partial charge on any atom is -0.423 e. The van der Waals surface area contributed by atoms with E-state index in [1.54, 1.807) is 12.1 Å². The van der Waals surface area contributed by atoms with E-state index in [9.17, 15) is 4.79 Å². The number of hydrogen-bond acceptors (Lipinski definition) is 4. The van der Waals surface area contributed by atoms with E-state index >= 15 is 0 Å². The summed E-state index contributed by atoms with van der Waals surface area (Å²) >= 11 is 0. The maximum atomic E-state index is 11.1. The molecular weight excluding hydrogens is 279 g/mol. The Kier molecular flexibility index (Phi) is 6.68. The number of carbonyl (C=O) groups is 1. The minimum absolute atomic E-state index is 0.327. The van der Waals surface area contributed by atoms with Crippen LogP contribution in [0.25, 0.3) is 0 Å². The van der Waals surface area contributed by atoms with E-state index in [0.29, 0.717) is 11.7 Å². The molecule has 1 aliphatic rings. The maximum absolute atomic E-state index is 11.1. The molecule has 4 nitrogen and oxygen atoms in total. The first-order valence-corrected chi connectivity index (χ1v) is 7.90. The van der Waals surface area contributed by atoms with Gasteiger partial charge in [0.05, 0.1) is 0 Å². The Balaban J connectivity index is 1.81. The van der Waals surface area contributed by atoms with Crippen LogP contribution in [0.15, 0.2) is 36.9 Å². The van der Waals surface area contributed by atoms with Crippen LogP contribution in [0.1, 0.15) is 32.6 Å². The largest absolute Gasteiger partial charge is 0.493 e. The molecule has 0 unspecified atom stereocenters. The molecule has 2 rings (SSSR count). The average molecular weight is 302 g/mol. The minimum atomic E-state index is -0.465. The van der Waals surface area contributed by atoms with E-state index in [0.717, 1.165) is 31.2 Å². The van der Waals surface area contributed by atoms with Gasteiger partial charge in [-0.25, -0.2) is 4.79 Å². The Bertz CT molecular complexity index is 478. The Morgan fingerprint density at radius 2 is 2.00 bits per heavy atom. The third-order valence-electron chi connectivity index (χ3n) is 3.72. The van der Waals surface area contributed by atoms with Crippen molar-refractivity contribution in [1.82, 2.24) is 0 Å². The molecule has 118 valence electrons. The zero-order valence-electron chi connectivity index (χ0n) is 13.1. The van der Waals surface area contributed by atoms with Gasteiger partial charge in [-0.1, -0.05) is 44.9 Å². The summed E-state index contributed by atoms with van der Waals surface area (Å²) in [6, 6.07) is 7.18. The molecule has 1 aromatic carbocycles. The van der Waals surface area contributed by atoms with Crippen molar-refractivity contribution in [3.63, 3.8) is 0 Å². The molecule has 0 radical (unpaired) electrons. The monoisotopic (exact) mass is 302 g/mol. The Labute approximate surface area is 132 Å². The first kappa shape index (κ1) is 16.8. The molecule has 1 aromatic rings. The van der Waals surface area contributed by atoms with Gasteiger partial charge in [0.2, 0.25) is 0 Å². The quantitative estimate of drug-likeness (QED) is 0.255. The van der Waals surface area contributed by atoms with Gasteiger partial charge in [-0.05, 0) is 24.0 Å². The molecule has 0 saturated carbocycles. The normalized spacial score (nSPS) is 15.6. The summed E-state index contributed by atoms with van der Waals surface area (Å²) in [4.78, 5) is 11.1. The molecule has 0 N–H and O–H groups in total. The van der Waals surface area contributed by atoms with E-state index in [4.69, 9.17) is 14.0 Å². The molecule has 1 fully saturated rings. The predicted molar refractivity (Wildman–Crippen MR) is 87.2 cm³/mol. The van der Waals surface area contributed by atoms with Crippen molar-refractivity contribution in [1.29, 1.82) is 0 Å². The number of hydrogen-bond donors (Lipinski definition) is 0. The zero-order chi connectivity index (χ0) is 15.8. The molecule has 0 bridgehead atoms. The van der Waals surface area contributed by atoms with Gasteiger partial charge in [0, 0.05) is 25.2 Å². The van der Waals surface area contributed by atoms with Crippen LogP contribution in [0.4, 0.5) is 0 Å². The highest BCUT2D eigenvalue weighted by Gasteiger charge is 2.28. The topological polar surface area (TPSA) is 44.8 Å². The third kappa shape index (κ3) is 5.00. The lowest BCUT2D eigenvalue weighted by Crippen LogP contribution is -2.44. The number of rotatable bonds is 7. The second kappa shape index (κ2) is 8.76. The fraction of sp³-hybridized carbons (Fsp3) is 0.471. The first-order valence-electron chi connectivity index (χ1n) is 7.90. The van der Waals surface area contributed by atoms with Crippen LogP contribution < -0.4 is 10.2 Å². The van der Waals surface area contributed by atoms with Crippen molar-refractivity contribution >= 4 is 18.6 Å². The van der Waals surface area contributed by atoms with Gasteiger partial charge in [-0.15, -0.1) is 0 Å². The van der Waals surface area contributed by atoms with Crippen LogP contribution in [-0.4, -0.2) is 26.3 Å². The molecule has 1 heterocycles. The van der Waals surface area contributed by atoms with Crippen LogP contribution in [0.5, 0.6) is 5.75 Å². The van der Waals surface area contributed by atoms with E-state index in [1.165, 1.54) is 19.3 Å². The van der Waals surface area contributed by atoms with Crippen molar-refractivity contribution in [2.45, 2.75) is 32.6 Å². The second-order valence-corrected chi connectivity index (χ2v) is 5.55. The highest BCUT2D eigenvalue weighted by Crippen LogP contribution is 2.17.